The van der Waals surface area contributed by atoms with Crippen LogP contribution >= 0.6 is 11.8 Å². The van der Waals surface area contributed by atoms with E-state index < -0.39 is 0 Å². The Balaban J connectivity index is 2.28. The lowest BCUT2D eigenvalue weighted by molar-refractivity contribution is -0.118. The van der Waals surface area contributed by atoms with E-state index >= 15 is 0 Å². The summed E-state index contributed by atoms with van der Waals surface area (Å²) in [4.78, 5) is 15.8. The topological polar surface area (TPSA) is 41.5 Å². The Morgan fingerprint density at radius 2 is 2.31 bits per heavy atom. The molecule has 1 aliphatic rings. The maximum Gasteiger partial charge on any atom is 0.239 e. The maximum atomic E-state index is 11.6. The van der Waals surface area contributed by atoms with Crippen molar-refractivity contribution in [3.63, 3.8) is 0 Å². The Morgan fingerprint density at radius 1 is 1.50 bits per heavy atom. The van der Waals surface area contributed by atoms with Crippen LogP contribution in [-0.4, -0.2) is 22.9 Å². The van der Waals surface area contributed by atoms with E-state index in [1.54, 1.807) is 17.8 Å². The second-order valence-electron chi connectivity index (χ2n) is 3.88. The summed E-state index contributed by atoms with van der Waals surface area (Å²) in [5.41, 5.74) is 0. The van der Waals surface area contributed by atoms with Gasteiger partial charge in [-0.1, -0.05) is 50.4 Å². The Labute approximate surface area is 102 Å². The number of nitrogens with zero attached hydrogens (tertiary/aromatic N) is 1. The van der Waals surface area contributed by atoms with Crippen molar-refractivity contribution in [3.8, 4) is 0 Å². The summed E-state index contributed by atoms with van der Waals surface area (Å²) < 4.78 is 0. The van der Waals surface area contributed by atoms with Crippen molar-refractivity contribution in [1.82, 2.24) is 5.32 Å². The molecule has 3 nitrogen and oxygen atoms in total. The second kappa shape index (κ2) is 7.49. The lowest BCUT2D eigenvalue weighted by atomic mass is 10.1. The van der Waals surface area contributed by atoms with Crippen LogP contribution < -0.4 is 5.32 Å². The zero-order chi connectivity index (χ0) is 11.8. The summed E-state index contributed by atoms with van der Waals surface area (Å²) in [6.07, 6.45) is 7.54. The third kappa shape index (κ3) is 4.39. The molecule has 0 aromatic heterocycles. The number of nitrogens with one attached hydrogen (secondary N) is 1. The van der Waals surface area contributed by atoms with Crippen LogP contribution in [0.3, 0.4) is 0 Å². The van der Waals surface area contributed by atoms with E-state index in [9.17, 15) is 4.79 Å². The number of aliphatic imine (C=N–C) groups is 1. The minimum atomic E-state index is 0.0698. The quantitative estimate of drug-likeness (QED) is 0.549. The molecule has 0 aromatic rings. The molecule has 1 atom stereocenters. The SMILES string of the molecule is C=CCN=C1NC(=O)C(CCCCCC)S1. The third-order valence-electron chi connectivity index (χ3n) is 2.46. The van der Waals surface area contributed by atoms with Gasteiger partial charge in [-0.3, -0.25) is 9.79 Å². The molecule has 1 N–H and O–H groups in total. The fraction of sp³-hybridized carbons (Fsp3) is 0.667. The van der Waals surface area contributed by atoms with Crippen LogP contribution in [0.2, 0.25) is 0 Å². The first-order valence-corrected chi connectivity index (χ1v) is 6.78. The van der Waals surface area contributed by atoms with Crippen LogP contribution in [-0.2, 0) is 4.79 Å². The van der Waals surface area contributed by atoms with Gasteiger partial charge >= 0.3 is 0 Å². The Hall–Kier alpha value is -0.770. The lowest BCUT2D eigenvalue weighted by Gasteiger charge is -2.03. The number of rotatable bonds is 7. The Morgan fingerprint density at radius 3 is 3.00 bits per heavy atom. The fourth-order valence-electron chi connectivity index (χ4n) is 1.57. The average molecular weight is 240 g/mol. The van der Waals surface area contributed by atoms with Gasteiger partial charge in [0.1, 0.15) is 0 Å². The number of amides is 1. The molecule has 0 aromatic carbocycles. The number of carbonyl (C=O) groups is 1. The molecule has 0 spiro atoms. The van der Waals surface area contributed by atoms with Crippen molar-refractivity contribution >= 4 is 22.8 Å². The highest BCUT2D eigenvalue weighted by Gasteiger charge is 2.29. The van der Waals surface area contributed by atoms with Crippen LogP contribution in [0.15, 0.2) is 17.6 Å². The van der Waals surface area contributed by atoms with E-state index in [1.165, 1.54) is 19.3 Å². The number of thioether (sulfide) groups is 1. The highest BCUT2D eigenvalue weighted by atomic mass is 32.2. The van der Waals surface area contributed by atoms with E-state index in [4.69, 9.17) is 0 Å². The standard InChI is InChI=1S/C12H20N2OS/c1-3-5-6-7-8-10-11(15)14-12(16-10)13-9-4-2/h4,10H,2-3,5-9H2,1H3,(H,13,14,15). The zero-order valence-corrected chi connectivity index (χ0v) is 10.7. The van der Waals surface area contributed by atoms with Gasteiger partial charge in [-0.15, -0.1) is 6.58 Å². The summed E-state index contributed by atoms with van der Waals surface area (Å²) in [5, 5.41) is 3.63. The van der Waals surface area contributed by atoms with Crippen LogP contribution in [0.4, 0.5) is 0 Å². The molecule has 1 heterocycles. The normalized spacial score (nSPS) is 22.4. The van der Waals surface area contributed by atoms with Crippen LogP contribution in [0.25, 0.3) is 0 Å². The molecule has 0 aliphatic carbocycles. The van der Waals surface area contributed by atoms with Gasteiger partial charge < -0.3 is 5.32 Å². The molecule has 1 rings (SSSR count). The highest BCUT2D eigenvalue weighted by molar-refractivity contribution is 8.15. The summed E-state index contributed by atoms with van der Waals surface area (Å²) >= 11 is 1.56. The Kier molecular flexibility index (Phi) is 6.23. The number of amidine groups is 1. The van der Waals surface area contributed by atoms with Gasteiger partial charge in [0.15, 0.2) is 5.17 Å². The number of hydrogen-bond acceptors (Lipinski definition) is 3. The van der Waals surface area contributed by atoms with Crippen molar-refractivity contribution in [1.29, 1.82) is 0 Å². The highest BCUT2D eigenvalue weighted by Crippen LogP contribution is 2.24. The smallest absolute Gasteiger partial charge is 0.239 e. The van der Waals surface area contributed by atoms with Crippen LogP contribution in [0.5, 0.6) is 0 Å². The van der Waals surface area contributed by atoms with Gasteiger partial charge in [-0.25, -0.2) is 0 Å². The molecule has 16 heavy (non-hydrogen) atoms. The molecule has 1 aliphatic heterocycles. The van der Waals surface area contributed by atoms with E-state index in [1.807, 2.05) is 0 Å². The molecule has 0 saturated carbocycles. The van der Waals surface area contributed by atoms with Gasteiger partial charge in [0, 0.05) is 0 Å². The first kappa shape index (κ1) is 13.3. The van der Waals surface area contributed by atoms with Crippen molar-refractivity contribution in [3.05, 3.63) is 12.7 Å². The van der Waals surface area contributed by atoms with Gasteiger partial charge in [-0.2, -0.15) is 0 Å². The lowest BCUT2D eigenvalue weighted by Crippen LogP contribution is -2.24. The van der Waals surface area contributed by atoms with Gasteiger partial charge in [0.2, 0.25) is 5.91 Å². The van der Waals surface area contributed by atoms with Gasteiger partial charge in [0.25, 0.3) is 0 Å². The summed E-state index contributed by atoms with van der Waals surface area (Å²) in [6.45, 7) is 6.37. The number of unbranched alkanes of at least 4 members (excludes halogenated alkanes) is 3. The fourth-order valence-corrected chi connectivity index (χ4v) is 2.60. The molecule has 0 bridgehead atoms. The van der Waals surface area contributed by atoms with Crippen molar-refractivity contribution in [2.45, 2.75) is 44.3 Å². The molecule has 1 amide bonds. The largest absolute Gasteiger partial charge is 0.304 e. The predicted octanol–water partition coefficient (Wildman–Crippen LogP) is 2.73. The van der Waals surface area contributed by atoms with Crippen LogP contribution in [0, 0.1) is 0 Å². The van der Waals surface area contributed by atoms with Crippen molar-refractivity contribution in [2.24, 2.45) is 4.99 Å². The van der Waals surface area contributed by atoms with Crippen molar-refractivity contribution < 1.29 is 4.79 Å². The summed E-state index contributed by atoms with van der Waals surface area (Å²) in [6, 6.07) is 0. The van der Waals surface area contributed by atoms with E-state index in [-0.39, 0.29) is 11.2 Å². The first-order chi connectivity index (χ1) is 7.77. The van der Waals surface area contributed by atoms with Gasteiger partial charge in [0.05, 0.1) is 11.8 Å². The summed E-state index contributed by atoms with van der Waals surface area (Å²) in [7, 11) is 0. The van der Waals surface area contributed by atoms with E-state index in [0.29, 0.717) is 6.54 Å². The molecular weight excluding hydrogens is 220 g/mol. The molecule has 1 unspecified atom stereocenters. The van der Waals surface area contributed by atoms with E-state index in [2.05, 4.69) is 23.8 Å². The molecule has 90 valence electrons. The molecule has 0 radical (unpaired) electrons. The van der Waals surface area contributed by atoms with Crippen LogP contribution in [0.1, 0.15) is 39.0 Å². The predicted molar refractivity (Wildman–Crippen MR) is 70.8 cm³/mol. The average Bonchev–Trinajstić information content (AvgIpc) is 2.63. The molecule has 1 fully saturated rings. The van der Waals surface area contributed by atoms with E-state index in [0.717, 1.165) is 18.0 Å². The molecule has 4 heteroatoms. The summed E-state index contributed by atoms with van der Waals surface area (Å²) in [5.74, 6) is 0.115. The van der Waals surface area contributed by atoms with Crippen molar-refractivity contribution in [2.75, 3.05) is 6.54 Å². The number of carbonyl (C=O) groups excluding carboxylic acids is 1. The van der Waals surface area contributed by atoms with Gasteiger partial charge in [-0.05, 0) is 6.42 Å². The minimum absolute atomic E-state index is 0.0698. The maximum absolute atomic E-state index is 11.6. The molecule has 1 saturated heterocycles. The monoisotopic (exact) mass is 240 g/mol. The zero-order valence-electron chi connectivity index (χ0n) is 9.87. The Bertz CT molecular complexity index is 276. The minimum Gasteiger partial charge on any atom is -0.304 e. The number of hydrogen-bond donors (Lipinski definition) is 1. The second-order valence-corrected chi connectivity index (χ2v) is 5.07. The first-order valence-electron chi connectivity index (χ1n) is 5.90. The molecular formula is C12H20N2OS. The third-order valence-corrected chi connectivity index (χ3v) is 3.65.